The maximum Gasteiger partial charge on any atom is 0.348 e. The van der Waals surface area contributed by atoms with E-state index in [4.69, 9.17) is 9.47 Å². The van der Waals surface area contributed by atoms with E-state index in [2.05, 4.69) is 0 Å². The van der Waals surface area contributed by atoms with Crippen LogP contribution in [0.1, 0.15) is 27.0 Å². The Hall–Kier alpha value is -1.88. The van der Waals surface area contributed by atoms with Crippen molar-refractivity contribution in [2.24, 2.45) is 0 Å². The van der Waals surface area contributed by atoms with E-state index in [1.54, 1.807) is 19.1 Å². The number of fused-ring (bicyclic) bond motifs is 1. The van der Waals surface area contributed by atoms with E-state index in [1.165, 1.54) is 18.4 Å². The van der Waals surface area contributed by atoms with Gasteiger partial charge in [0.1, 0.15) is 4.88 Å². The smallest absolute Gasteiger partial charge is 0.348 e. The maximum absolute atomic E-state index is 11.7. The summed E-state index contributed by atoms with van der Waals surface area (Å²) in [6, 6.07) is 1.82. The number of rotatable bonds is 3. The largest absolute Gasteiger partial charge is 0.465 e. The molecule has 0 aliphatic heterocycles. The fourth-order valence-corrected chi connectivity index (χ4v) is 2.81. The summed E-state index contributed by atoms with van der Waals surface area (Å²) in [6.07, 6.45) is 6.05. The minimum Gasteiger partial charge on any atom is -0.465 e. The molecule has 0 saturated carbocycles. The highest BCUT2D eigenvalue weighted by molar-refractivity contribution is 7.15. The number of thiophene rings is 1. The summed E-state index contributed by atoms with van der Waals surface area (Å²) < 4.78 is 9.68. The van der Waals surface area contributed by atoms with E-state index in [-0.39, 0.29) is 11.9 Å². The molecular weight excluding hydrogens is 264 g/mol. The molecule has 5 heteroatoms. The van der Waals surface area contributed by atoms with Crippen molar-refractivity contribution in [3.63, 3.8) is 0 Å². The van der Waals surface area contributed by atoms with E-state index >= 15 is 0 Å². The molecule has 0 bridgehead atoms. The minimum absolute atomic E-state index is 0.322. The molecule has 1 aromatic heterocycles. The predicted molar refractivity (Wildman–Crippen MR) is 73.1 cm³/mol. The third-order valence-electron chi connectivity index (χ3n) is 2.66. The Morgan fingerprint density at radius 2 is 2.16 bits per heavy atom. The second kappa shape index (κ2) is 5.84. The third-order valence-corrected chi connectivity index (χ3v) is 3.77. The SMILES string of the molecule is CCOC(=O)c1cc2c(s1)C=C(C(=O)OC)C=CC2. The van der Waals surface area contributed by atoms with Crippen LogP contribution in [0.4, 0.5) is 0 Å². The molecule has 0 aromatic carbocycles. The molecule has 0 radical (unpaired) electrons. The first-order chi connectivity index (χ1) is 9.15. The molecule has 2 rings (SSSR count). The zero-order chi connectivity index (χ0) is 13.8. The lowest BCUT2D eigenvalue weighted by Crippen LogP contribution is -2.02. The predicted octanol–water partition coefficient (Wildman–Crippen LogP) is 2.59. The summed E-state index contributed by atoms with van der Waals surface area (Å²) in [5.74, 6) is -0.701. The van der Waals surface area contributed by atoms with Gasteiger partial charge < -0.3 is 9.47 Å². The molecule has 19 heavy (non-hydrogen) atoms. The van der Waals surface area contributed by atoms with E-state index in [0.29, 0.717) is 23.5 Å². The van der Waals surface area contributed by atoms with Crippen LogP contribution in [0.25, 0.3) is 6.08 Å². The zero-order valence-corrected chi connectivity index (χ0v) is 11.6. The number of hydrogen-bond donors (Lipinski definition) is 0. The van der Waals surface area contributed by atoms with Gasteiger partial charge in [-0.15, -0.1) is 11.3 Å². The molecule has 1 heterocycles. The highest BCUT2D eigenvalue weighted by Crippen LogP contribution is 2.29. The van der Waals surface area contributed by atoms with Crippen molar-refractivity contribution >= 4 is 29.4 Å². The van der Waals surface area contributed by atoms with Crippen molar-refractivity contribution in [2.45, 2.75) is 13.3 Å². The van der Waals surface area contributed by atoms with Gasteiger partial charge in [-0.3, -0.25) is 0 Å². The van der Waals surface area contributed by atoms with E-state index in [0.717, 1.165) is 10.4 Å². The lowest BCUT2D eigenvalue weighted by atomic mass is 10.2. The van der Waals surface area contributed by atoms with E-state index in [9.17, 15) is 9.59 Å². The van der Waals surface area contributed by atoms with Crippen LogP contribution in [0.3, 0.4) is 0 Å². The van der Waals surface area contributed by atoms with Crippen molar-refractivity contribution in [3.8, 4) is 0 Å². The zero-order valence-electron chi connectivity index (χ0n) is 10.8. The first-order valence-electron chi connectivity index (χ1n) is 5.92. The highest BCUT2D eigenvalue weighted by Gasteiger charge is 2.17. The molecule has 0 atom stereocenters. The number of carbonyl (C=O) groups excluding carboxylic acids is 2. The molecule has 4 nitrogen and oxygen atoms in total. The van der Waals surface area contributed by atoms with Crippen LogP contribution in [-0.4, -0.2) is 25.7 Å². The van der Waals surface area contributed by atoms with Gasteiger partial charge in [0, 0.05) is 4.88 Å². The molecule has 0 saturated heterocycles. The van der Waals surface area contributed by atoms with Gasteiger partial charge in [-0.05, 0) is 31.1 Å². The average Bonchev–Trinajstić information content (AvgIpc) is 2.70. The number of allylic oxidation sites excluding steroid dienone is 1. The van der Waals surface area contributed by atoms with Crippen LogP contribution < -0.4 is 0 Å². The summed E-state index contributed by atoms with van der Waals surface area (Å²) in [5, 5.41) is 0. The number of methoxy groups -OCH3 is 1. The van der Waals surface area contributed by atoms with Crippen molar-refractivity contribution in [1.82, 2.24) is 0 Å². The summed E-state index contributed by atoms with van der Waals surface area (Å²) in [7, 11) is 1.35. The topological polar surface area (TPSA) is 52.6 Å². The van der Waals surface area contributed by atoms with Gasteiger partial charge >= 0.3 is 11.9 Å². The Balaban J connectivity index is 2.34. The Kier molecular flexibility index (Phi) is 4.16. The lowest BCUT2D eigenvalue weighted by Gasteiger charge is -1.98. The molecule has 100 valence electrons. The van der Waals surface area contributed by atoms with Gasteiger partial charge in [-0.25, -0.2) is 9.59 Å². The van der Waals surface area contributed by atoms with Crippen LogP contribution >= 0.6 is 11.3 Å². The van der Waals surface area contributed by atoms with Crippen LogP contribution in [0.5, 0.6) is 0 Å². The number of ether oxygens (including phenoxy) is 2. The Bertz CT molecular complexity index is 566. The monoisotopic (exact) mass is 278 g/mol. The molecule has 1 aromatic rings. The fourth-order valence-electron chi connectivity index (χ4n) is 1.77. The summed E-state index contributed by atoms with van der Waals surface area (Å²) in [6.45, 7) is 2.12. The molecule has 0 unspecified atom stereocenters. The molecule has 1 aliphatic carbocycles. The van der Waals surface area contributed by atoms with Gasteiger partial charge in [0.15, 0.2) is 0 Å². The van der Waals surface area contributed by atoms with Crippen molar-refractivity contribution in [3.05, 3.63) is 39.1 Å². The summed E-state index contributed by atoms with van der Waals surface area (Å²) >= 11 is 1.33. The quantitative estimate of drug-likeness (QED) is 0.797. The number of carbonyl (C=O) groups is 2. The first kappa shape index (κ1) is 13.5. The Morgan fingerprint density at radius 1 is 1.37 bits per heavy atom. The van der Waals surface area contributed by atoms with Gasteiger partial charge in [0.25, 0.3) is 0 Å². The van der Waals surface area contributed by atoms with Crippen LogP contribution in [0.2, 0.25) is 0 Å². The van der Waals surface area contributed by atoms with Crippen LogP contribution in [0, 0.1) is 0 Å². The van der Waals surface area contributed by atoms with Crippen LogP contribution in [-0.2, 0) is 20.7 Å². The molecule has 0 spiro atoms. The maximum atomic E-state index is 11.7. The molecule has 0 fully saturated rings. The summed E-state index contributed by atoms with van der Waals surface area (Å²) in [4.78, 5) is 24.7. The standard InChI is InChI=1S/C14H14O4S/c1-3-18-14(16)12-7-9-5-4-6-10(13(15)17-2)8-11(9)19-12/h4,6-8H,3,5H2,1-2H3. The molecule has 0 N–H and O–H groups in total. The molecular formula is C14H14O4S. The summed E-state index contributed by atoms with van der Waals surface area (Å²) in [5.41, 5.74) is 1.50. The second-order valence-corrected chi connectivity index (χ2v) is 5.00. The fraction of sp³-hybridized carbons (Fsp3) is 0.286. The molecule has 0 amide bonds. The van der Waals surface area contributed by atoms with Crippen LogP contribution in [0.15, 0.2) is 23.8 Å². The van der Waals surface area contributed by atoms with Gasteiger partial charge in [-0.1, -0.05) is 12.2 Å². The van der Waals surface area contributed by atoms with Crippen molar-refractivity contribution in [1.29, 1.82) is 0 Å². The van der Waals surface area contributed by atoms with E-state index < -0.39 is 0 Å². The van der Waals surface area contributed by atoms with Crippen molar-refractivity contribution < 1.29 is 19.1 Å². The third kappa shape index (κ3) is 2.93. The second-order valence-electron chi connectivity index (χ2n) is 3.92. The number of esters is 2. The minimum atomic E-state index is -0.379. The Morgan fingerprint density at radius 3 is 2.84 bits per heavy atom. The lowest BCUT2D eigenvalue weighted by molar-refractivity contribution is -0.135. The van der Waals surface area contributed by atoms with E-state index in [1.807, 2.05) is 12.1 Å². The van der Waals surface area contributed by atoms with Gasteiger partial charge in [-0.2, -0.15) is 0 Å². The Labute approximate surface area is 115 Å². The molecule has 1 aliphatic rings. The first-order valence-corrected chi connectivity index (χ1v) is 6.73. The van der Waals surface area contributed by atoms with Gasteiger partial charge in [0.05, 0.1) is 19.3 Å². The highest BCUT2D eigenvalue weighted by atomic mass is 32.1. The van der Waals surface area contributed by atoms with Gasteiger partial charge in [0.2, 0.25) is 0 Å². The normalized spacial score (nSPS) is 13.3. The average molecular weight is 278 g/mol. The van der Waals surface area contributed by atoms with Crippen molar-refractivity contribution in [2.75, 3.05) is 13.7 Å². The number of hydrogen-bond acceptors (Lipinski definition) is 5.